The van der Waals surface area contributed by atoms with Crippen LogP contribution in [0.25, 0.3) is 0 Å². The average Bonchev–Trinajstić information content (AvgIpc) is 2.89. The molecule has 5 nitrogen and oxygen atoms in total. The van der Waals surface area contributed by atoms with Crippen molar-refractivity contribution in [1.82, 2.24) is 10.6 Å². The molecule has 1 saturated carbocycles. The van der Waals surface area contributed by atoms with E-state index in [9.17, 15) is 22.8 Å². The molecule has 3 atom stereocenters. The Morgan fingerprint density at radius 2 is 2.00 bits per heavy atom. The Balaban J connectivity index is 2.04. The zero-order valence-electron chi connectivity index (χ0n) is 11.5. The Morgan fingerprint density at radius 1 is 1.29 bits per heavy atom. The molecule has 1 aliphatic heterocycles. The number of aliphatic carboxylic acids is 1. The molecular weight excluding hydrogens is 289 g/mol. The summed E-state index contributed by atoms with van der Waals surface area (Å²) in [4.78, 5) is 23.1. The van der Waals surface area contributed by atoms with Crippen LogP contribution < -0.4 is 10.6 Å². The highest BCUT2D eigenvalue weighted by Gasteiger charge is 2.61. The first-order valence-corrected chi connectivity index (χ1v) is 7.07. The van der Waals surface area contributed by atoms with Crippen molar-refractivity contribution in [1.29, 1.82) is 0 Å². The minimum atomic E-state index is -4.61. The summed E-state index contributed by atoms with van der Waals surface area (Å²) in [5, 5.41) is 14.0. The van der Waals surface area contributed by atoms with Crippen LogP contribution in [-0.4, -0.2) is 42.3 Å². The zero-order valence-corrected chi connectivity index (χ0v) is 11.5. The van der Waals surface area contributed by atoms with Gasteiger partial charge in [-0.3, -0.25) is 9.59 Å². The van der Waals surface area contributed by atoms with E-state index >= 15 is 0 Å². The number of nitrogens with one attached hydrogen (secondary N) is 2. The van der Waals surface area contributed by atoms with Crippen LogP contribution >= 0.6 is 0 Å². The third kappa shape index (κ3) is 3.14. The summed E-state index contributed by atoms with van der Waals surface area (Å²) in [5.74, 6) is -2.58. The summed E-state index contributed by atoms with van der Waals surface area (Å²) < 4.78 is 39.7. The van der Waals surface area contributed by atoms with Crippen molar-refractivity contribution < 1.29 is 27.9 Å². The highest BCUT2D eigenvalue weighted by atomic mass is 19.4. The molecule has 1 saturated heterocycles. The first-order chi connectivity index (χ1) is 9.76. The van der Waals surface area contributed by atoms with Crippen molar-refractivity contribution in [2.75, 3.05) is 13.1 Å². The molecule has 2 fully saturated rings. The number of hydrogen-bond donors (Lipinski definition) is 3. The second-order valence-corrected chi connectivity index (χ2v) is 5.88. The van der Waals surface area contributed by atoms with Gasteiger partial charge in [-0.15, -0.1) is 0 Å². The van der Waals surface area contributed by atoms with Crippen LogP contribution in [0.3, 0.4) is 0 Å². The number of alkyl halides is 3. The Bertz CT molecular complexity index is 419. The number of halogens is 3. The first kappa shape index (κ1) is 16.1. The monoisotopic (exact) mass is 308 g/mol. The van der Waals surface area contributed by atoms with Crippen LogP contribution in [0, 0.1) is 11.3 Å². The van der Waals surface area contributed by atoms with Crippen LogP contribution in [0.4, 0.5) is 13.2 Å². The lowest BCUT2D eigenvalue weighted by Crippen LogP contribution is -2.55. The van der Waals surface area contributed by atoms with Crippen molar-refractivity contribution in [3.8, 4) is 0 Å². The van der Waals surface area contributed by atoms with E-state index in [4.69, 9.17) is 5.11 Å². The van der Waals surface area contributed by atoms with Gasteiger partial charge in [-0.05, 0) is 32.2 Å². The van der Waals surface area contributed by atoms with E-state index in [2.05, 4.69) is 10.6 Å². The van der Waals surface area contributed by atoms with Gasteiger partial charge in [0.05, 0.1) is 5.92 Å². The number of carbonyl (C=O) groups is 2. The molecule has 0 aromatic carbocycles. The van der Waals surface area contributed by atoms with Gasteiger partial charge < -0.3 is 15.7 Å². The van der Waals surface area contributed by atoms with Gasteiger partial charge in [0.15, 0.2) is 5.41 Å². The Kier molecular flexibility index (Phi) is 4.46. The molecular formula is C13H19F3N2O3. The number of rotatable bonds is 3. The Morgan fingerprint density at radius 3 is 2.52 bits per heavy atom. The summed E-state index contributed by atoms with van der Waals surface area (Å²) in [5.41, 5.74) is -2.39. The largest absolute Gasteiger partial charge is 0.481 e. The second-order valence-electron chi connectivity index (χ2n) is 5.88. The summed E-state index contributed by atoms with van der Waals surface area (Å²) in [6, 6.07) is -0.493. The van der Waals surface area contributed by atoms with Gasteiger partial charge in [-0.1, -0.05) is 6.42 Å². The fourth-order valence-electron chi connectivity index (χ4n) is 3.13. The Hall–Kier alpha value is -1.31. The molecule has 1 aliphatic carbocycles. The highest BCUT2D eigenvalue weighted by Crippen LogP contribution is 2.43. The summed E-state index contributed by atoms with van der Waals surface area (Å²) in [6.45, 7) is -0.271. The maximum absolute atomic E-state index is 13.2. The van der Waals surface area contributed by atoms with Crippen molar-refractivity contribution in [2.45, 2.75) is 44.3 Å². The molecule has 3 unspecified atom stereocenters. The number of hydrogen-bond acceptors (Lipinski definition) is 3. The zero-order chi connectivity index (χ0) is 15.7. The predicted molar refractivity (Wildman–Crippen MR) is 67.5 cm³/mol. The molecule has 8 heteroatoms. The first-order valence-electron chi connectivity index (χ1n) is 7.07. The minimum absolute atomic E-state index is 0.148. The molecule has 0 spiro atoms. The molecule has 0 bridgehead atoms. The lowest BCUT2D eigenvalue weighted by Gasteiger charge is -2.33. The smallest absolute Gasteiger partial charge is 0.404 e. The predicted octanol–water partition coefficient (Wildman–Crippen LogP) is 1.29. The van der Waals surface area contributed by atoms with E-state index in [0.717, 1.165) is 0 Å². The van der Waals surface area contributed by atoms with E-state index in [0.29, 0.717) is 19.3 Å². The standard InChI is InChI=1S/C13H19F3N2O3/c14-13(15,16)12(4-5-17-7-12)11(21)18-9-3-1-2-8(6-9)10(19)20/h8-9,17H,1-7H2,(H,18,21)(H,19,20). The Labute approximate surface area is 120 Å². The van der Waals surface area contributed by atoms with Gasteiger partial charge in [-0.2, -0.15) is 13.2 Å². The number of carboxylic acids is 1. The molecule has 21 heavy (non-hydrogen) atoms. The quantitative estimate of drug-likeness (QED) is 0.734. The molecule has 0 aromatic heterocycles. The van der Waals surface area contributed by atoms with Crippen molar-refractivity contribution in [2.24, 2.45) is 11.3 Å². The van der Waals surface area contributed by atoms with Gasteiger partial charge >= 0.3 is 12.1 Å². The molecule has 3 N–H and O–H groups in total. The van der Waals surface area contributed by atoms with Gasteiger partial charge in [0.1, 0.15) is 0 Å². The van der Waals surface area contributed by atoms with Crippen LogP contribution in [0.15, 0.2) is 0 Å². The lowest BCUT2D eigenvalue weighted by atomic mass is 9.82. The summed E-state index contributed by atoms with van der Waals surface area (Å²) in [7, 11) is 0. The van der Waals surface area contributed by atoms with Crippen molar-refractivity contribution >= 4 is 11.9 Å². The van der Waals surface area contributed by atoms with E-state index in [-0.39, 0.29) is 19.4 Å². The minimum Gasteiger partial charge on any atom is -0.481 e. The van der Waals surface area contributed by atoms with Crippen LogP contribution in [0.1, 0.15) is 32.1 Å². The van der Waals surface area contributed by atoms with Crippen molar-refractivity contribution in [3.05, 3.63) is 0 Å². The number of amides is 1. The number of carbonyl (C=O) groups excluding carboxylic acids is 1. The molecule has 0 radical (unpaired) electrons. The second kappa shape index (κ2) is 5.82. The molecule has 1 amide bonds. The number of carboxylic acid groups (broad SMARTS) is 1. The van der Waals surface area contributed by atoms with E-state index in [1.165, 1.54) is 0 Å². The third-order valence-corrected chi connectivity index (χ3v) is 4.49. The summed E-state index contributed by atoms with van der Waals surface area (Å²) in [6.07, 6.45) is -3.06. The fraction of sp³-hybridized carbons (Fsp3) is 0.846. The molecule has 0 aromatic rings. The lowest BCUT2D eigenvalue weighted by molar-refractivity contribution is -0.216. The molecule has 2 rings (SSSR count). The van der Waals surface area contributed by atoms with Crippen molar-refractivity contribution in [3.63, 3.8) is 0 Å². The van der Waals surface area contributed by atoms with Gasteiger partial charge in [0.25, 0.3) is 0 Å². The van der Waals surface area contributed by atoms with Crippen LogP contribution in [0.2, 0.25) is 0 Å². The maximum Gasteiger partial charge on any atom is 0.404 e. The third-order valence-electron chi connectivity index (χ3n) is 4.49. The topological polar surface area (TPSA) is 78.4 Å². The fourth-order valence-corrected chi connectivity index (χ4v) is 3.13. The normalized spacial score (nSPS) is 33.7. The highest BCUT2D eigenvalue weighted by molar-refractivity contribution is 5.84. The average molecular weight is 308 g/mol. The molecule has 1 heterocycles. The van der Waals surface area contributed by atoms with E-state index < -0.39 is 42.0 Å². The van der Waals surface area contributed by atoms with E-state index in [1.807, 2.05) is 0 Å². The van der Waals surface area contributed by atoms with Crippen LogP contribution in [0.5, 0.6) is 0 Å². The molecule has 120 valence electrons. The van der Waals surface area contributed by atoms with Gasteiger partial charge in [0, 0.05) is 12.6 Å². The van der Waals surface area contributed by atoms with Gasteiger partial charge in [-0.25, -0.2) is 0 Å². The SMILES string of the molecule is O=C(O)C1CCCC(NC(=O)C2(C(F)(F)F)CCNC2)C1. The molecule has 2 aliphatic rings. The van der Waals surface area contributed by atoms with Gasteiger partial charge in [0.2, 0.25) is 5.91 Å². The summed E-state index contributed by atoms with van der Waals surface area (Å²) >= 11 is 0. The maximum atomic E-state index is 13.2. The van der Waals surface area contributed by atoms with Crippen LogP contribution in [-0.2, 0) is 9.59 Å². The van der Waals surface area contributed by atoms with E-state index in [1.54, 1.807) is 0 Å².